The van der Waals surface area contributed by atoms with E-state index in [2.05, 4.69) is 0 Å². The van der Waals surface area contributed by atoms with Gasteiger partial charge in [-0.15, -0.1) is 0 Å². The molecule has 23 nitrogen and oxygen atoms in total. The molecular weight excluding hydrogens is 981 g/mol. The van der Waals surface area contributed by atoms with Gasteiger partial charge in [0.2, 0.25) is 0 Å². The molecule has 4 aliphatic rings. The fraction of sp³-hybridized carbons (Fsp3) is 0.353. The van der Waals surface area contributed by atoms with Crippen molar-refractivity contribution in [2.24, 2.45) is 0 Å². The van der Waals surface area contributed by atoms with Gasteiger partial charge in [-0.25, -0.2) is 4.79 Å². The molecule has 74 heavy (non-hydrogen) atoms. The number of ether oxygens (including phenoxy) is 7. The molecule has 0 amide bonds. The first-order valence-corrected chi connectivity index (χ1v) is 23.1. The van der Waals surface area contributed by atoms with Gasteiger partial charge in [0.05, 0.1) is 19.1 Å². The van der Waals surface area contributed by atoms with Gasteiger partial charge in [0, 0.05) is 47.4 Å². The van der Waals surface area contributed by atoms with Crippen LogP contribution in [0.1, 0.15) is 51.5 Å². The van der Waals surface area contributed by atoms with E-state index in [-0.39, 0.29) is 39.3 Å². The summed E-state index contributed by atoms with van der Waals surface area (Å²) in [5, 5.41) is 164. The molecular formula is C51H52O23. The van der Waals surface area contributed by atoms with E-state index >= 15 is 0 Å². The van der Waals surface area contributed by atoms with Crippen LogP contribution in [0.4, 0.5) is 0 Å². The lowest BCUT2D eigenvalue weighted by atomic mass is 9.77. The summed E-state index contributed by atoms with van der Waals surface area (Å²) < 4.78 is 43.3. The topological polar surface area (TPSA) is 385 Å². The van der Waals surface area contributed by atoms with E-state index in [1.165, 1.54) is 18.2 Å². The van der Waals surface area contributed by atoms with Crippen LogP contribution in [-0.2, 0) is 34.9 Å². The summed E-state index contributed by atoms with van der Waals surface area (Å²) in [5.41, 5.74) is -0.0777. The number of fused-ring (bicyclic) bond motifs is 2. The molecule has 4 heterocycles. The minimum absolute atomic E-state index is 0.0131. The molecule has 5 aromatic rings. The third kappa shape index (κ3) is 9.85. The van der Waals surface area contributed by atoms with Crippen molar-refractivity contribution in [2.45, 2.75) is 98.2 Å². The molecule has 394 valence electrons. The molecule has 0 aromatic heterocycles. The average molecular weight is 1030 g/mol. The van der Waals surface area contributed by atoms with Crippen LogP contribution in [-0.4, -0.2) is 169 Å². The summed E-state index contributed by atoms with van der Waals surface area (Å²) in [4.78, 5) is 13.3. The number of esters is 1. The van der Waals surface area contributed by atoms with Crippen LogP contribution in [0, 0.1) is 0 Å². The van der Waals surface area contributed by atoms with Crippen LogP contribution in [0.15, 0.2) is 91.0 Å². The zero-order valence-corrected chi connectivity index (χ0v) is 38.5. The first-order valence-electron chi connectivity index (χ1n) is 23.1. The van der Waals surface area contributed by atoms with Crippen molar-refractivity contribution in [1.29, 1.82) is 0 Å². The molecule has 2 fully saturated rings. The Morgan fingerprint density at radius 1 is 0.568 bits per heavy atom. The lowest BCUT2D eigenvalue weighted by molar-refractivity contribution is -0.319. The number of aromatic hydroxyl groups is 8. The molecule has 9 rings (SSSR count). The summed E-state index contributed by atoms with van der Waals surface area (Å²) in [6, 6.07) is 18.5. The number of carbonyl (C=O) groups excluding carboxylic acids is 1. The van der Waals surface area contributed by atoms with Gasteiger partial charge in [0.25, 0.3) is 0 Å². The molecule has 0 saturated carbocycles. The quantitative estimate of drug-likeness (QED) is 0.0469. The van der Waals surface area contributed by atoms with E-state index in [0.717, 1.165) is 48.5 Å². The van der Waals surface area contributed by atoms with Gasteiger partial charge in [0.1, 0.15) is 89.4 Å². The summed E-state index contributed by atoms with van der Waals surface area (Å²) in [5.74, 6) is -8.40. The highest BCUT2D eigenvalue weighted by Crippen LogP contribution is 2.59. The number of carbonyl (C=O) groups is 1. The summed E-state index contributed by atoms with van der Waals surface area (Å²) in [7, 11) is 0. The molecule has 4 aliphatic heterocycles. The molecule has 0 unspecified atom stereocenters. The highest BCUT2D eigenvalue weighted by atomic mass is 16.7. The second-order valence-corrected chi connectivity index (χ2v) is 18.1. The Morgan fingerprint density at radius 2 is 1.18 bits per heavy atom. The number of benzene rings is 5. The van der Waals surface area contributed by atoms with Crippen LogP contribution in [0.2, 0.25) is 0 Å². The van der Waals surface area contributed by atoms with Gasteiger partial charge < -0.3 is 110 Å². The summed E-state index contributed by atoms with van der Waals surface area (Å²) >= 11 is 0. The standard InChI is InChI=1S/C51H52O23/c52-18-34-40(63)42(65)44(67)50(70-34)74-48-39(37-30(60)14-23(54)15-32(37)68-46(48)22-8-10-26(56)29(59)13-22)38-31(61)17-27(57)24-16-33(45(73-47(24)38)21-7-9-25(55)28(58)12-21)69-51-49(43(66)41(64)35(19-53)71-51)72-36(62)11-6-20-4-2-1-3-5-20/h1-15,17,33-35,39-46,48-61,63-67H,16,18-19H2/b11-6+/t33-,34+,35+,39+,40+,41+,42-,43+,44+,45-,46+,48+,49+,50-,51+/m1/s1. The van der Waals surface area contributed by atoms with E-state index in [9.17, 15) is 81.4 Å². The number of phenolic OH excluding ortho intramolecular Hbond substituents is 8. The maximum absolute atomic E-state index is 13.3. The highest BCUT2D eigenvalue weighted by molar-refractivity contribution is 5.87. The fourth-order valence-electron chi connectivity index (χ4n) is 9.64. The maximum Gasteiger partial charge on any atom is 0.331 e. The predicted octanol–water partition coefficient (Wildman–Crippen LogP) is 0.908. The van der Waals surface area contributed by atoms with E-state index in [1.807, 2.05) is 0 Å². The zero-order chi connectivity index (χ0) is 52.9. The fourth-order valence-corrected chi connectivity index (χ4v) is 9.64. The summed E-state index contributed by atoms with van der Waals surface area (Å²) in [6.45, 7) is -1.74. The van der Waals surface area contributed by atoms with E-state index in [1.54, 1.807) is 30.3 Å². The van der Waals surface area contributed by atoms with Crippen LogP contribution in [0.25, 0.3) is 6.08 Å². The number of hydrogen-bond donors (Lipinski definition) is 15. The van der Waals surface area contributed by atoms with Crippen LogP contribution in [0.3, 0.4) is 0 Å². The first kappa shape index (κ1) is 51.8. The zero-order valence-electron chi connectivity index (χ0n) is 38.5. The normalized spacial score (nSPS) is 30.7. The SMILES string of the molecule is O=C(/C=C/c1ccccc1)O[C@@H]1[C@@H](O[C@@H]2Cc3c(O)cc(O)c([C@@H]4c5c(O)cc(O)cc5O[C@@H](c5ccc(O)c(O)c5)[C@H]4O[C@H]4O[C@@H](CO)[C@H](O)[C@@H](O)[C@@H]4O)c3O[C@@H]2c2ccc(O)c(O)c2)O[C@@H](CO)[C@H](O)[C@@H]1O. The Balaban J connectivity index is 1.19. The molecule has 0 radical (unpaired) electrons. The highest BCUT2D eigenvalue weighted by Gasteiger charge is 2.53. The van der Waals surface area contributed by atoms with Gasteiger partial charge in [0.15, 0.2) is 53.9 Å². The Hall–Kier alpha value is -7.13. The second-order valence-electron chi connectivity index (χ2n) is 18.1. The van der Waals surface area contributed by atoms with Crippen molar-refractivity contribution >= 4 is 12.0 Å². The molecule has 0 bridgehead atoms. The van der Waals surface area contributed by atoms with Gasteiger partial charge in [-0.1, -0.05) is 42.5 Å². The number of hydrogen-bond acceptors (Lipinski definition) is 23. The van der Waals surface area contributed by atoms with E-state index in [0.29, 0.717) is 5.56 Å². The van der Waals surface area contributed by atoms with Crippen molar-refractivity contribution < 1.29 is 115 Å². The van der Waals surface area contributed by atoms with Gasteiger partial charge in [-0.2, -0.15) is 0 Å². The molecule has 5 aromatic carbocycles. The van der Waals surface area contributed by atoms with Crippen LogP contribution < -0.4 is 9.47 Å². The minimum atomic E-state index is -2.06. The number of rotatable bonds is 12. The van der Waals surface area contributed by atoms with E-state index < -0.39 is 163 Å². The van der Waals surface area contributed by atoms with Crippen molar-refractivity contribution in [1.82, 2.24) is 0 Å². The molecule has 0 spiro atoms. The van der Waals surface area contributed by atoms with E-state index in [4.69, 9.17) is 33.2 Å². The molecule has 2 saturated heterocycles. The maximum atomic E-state index is 13.3. The lowest BCUT2D eigenvalue weighted by Crippen LogP contribution is -2.61. The van der Waals surface area contributed by atoms with Gasteiger partial charge >= 0.3 is 5.97 Å². The lowest BCUT2D eigenvalue weighted by Gasteiger charge is -2.46. The summed E-state index contributed by atoms with van der Waals surface area (Å²) in [6.07, 6.45) is -22.6. The number of aliphatic hydroxyl groups excluding tert-OH is 7. The smallest absolute Gasteiger partial charge is 0.331 e. The molecule has 0 aliphatic carbocycles. The third-order valence-electron chi connectivity index (χ3n) is 13.4. The Bertz CT molecular complexity index is 2880. The monoisotopic (exact) mass is 1030 g/mol. The van der Waals surface area contributed by atoms with Crippen LogP contribution >= 0.6 is 0 Å². The molecule has 15 atom stereocenters. The number of aliphatic hydroxyl groups is 7. The van der Waals surface area contributed by atoms with Crippen molar-refractivity contribution in [3.8, 4) is 57.5 Å². The Labute approximate surface area is 418 Å². The van der Waals surface area contributed by atoms with Gasteiger partial charge in [-0.05, 0) is 47.0 Å². The largest absolute Gasteiger partial charge is 0.508 e. The van der Waals surface area contributed by atoms with Gasteiger partial charge in [-0.3, -0.25) is 0 Å². The first-order chi connectivity index (χ1) is 35.4. The number of phenols is 8. The Kier molecular flexibility index (Phi) is 14.7. The minimum Gasteiger partial charge on any atom is -0.508 e. The Morgan fingerprint density at radius 3 is 1.81 bits per heavy atom. The third-order valence-corrected chi connectivity index (χ3v) is 13.4. The molecule has 15 N–H and O–H groups in total. The van der Waals surface area contributed by atoms with Crippen LogP contribution in [0.5, 0.6) is 57.5 Å². The van der Waals surface area contributed by atoms with Crippen molar-refractivity contribution in [3.63, 3.8) is 0 Å². The second kappa shape index (κ2) is 21.0. The van der Waals surface area contributed by atoms with Crippen molar-refractivity contribution in [3.05, 3.63) is 124 Å². The predicted molar refractivity (Wildman–Crippen MR) is 248 cm³/mol. The molecule has 23 heteroatoms. The average Bonchev–Trinajstić information content (AvgIpc) is 3.39. The van der Waals surface area contributed by atoms with Crippen molar-refractivity contribution in [2.75, 3.05) is 13.2 Å².